The Morgan fingerprint density at radius 1 is 1.58 bits per heavy atom. The van der Waals surface area contributed by atoms with Crippen LogP contribution in [-0.2, 0) is 4.79 Å². The second kappa shape index (κ2) is 4.11. The van der Waals surface area contributed by atoms with Gasteiger partial charge in [-0.05, 0) is 0 Å². The molecule has 0 saturated carbocycles. The normalized spacial score (nSPS) is 20.1. The van der Waals surface area contributed by atoms with Crippen molar-refractivity contribution in [3.63, 3.8) is 0 Å². The summed E-state index contributed by atoms with van der Waals surface area (Å²) < 4.78 is -0.158. The summed E-state index contributed by atoms with van der Waals surface area (Å²) in [6, 6.07) is 0. The number of thioether (sulfide) groups is 1. The first kappa shape index (κ1) is 9.83. The SMILES string of the molecule is O=C(O)CC1(SCCO)CNC1. The van der Waals surface area contributed by atoms with Gasteiger partial charge in [-0.25, -0.2) is 0 Å². The maximum atomic E-state index is 10.5. The summed E-state index contributed by atoms with van der Waals surface area (Å²) in [7, 11) is 0. The maximum absolute atomic E-state index is 10.5. The second-order valence-corrected chi connectivity index (χ2v) is 4.49. The molecule has 1 heterocycles. The second-order valence-electron chi connectivity index (χ2n) is 2.93. The molecule has 12 heavy (non-hydrogen) atoms. The van der Waals surface area contributed by atoms with Crippen LogP contribution in [0.4, 0.5) is 0 Å². The smallest absolute Gasteiger partial charge is 0.304 e. The van der Waals surface area contributed by atoms with Crippen LogP contribution >= 0.6 is 11.8 Å². The van der Waals surface area contributed by atoms with Crippen LogP contribution in [0.5, 0.6) is 0 Å². The third-order valence-electron chi connectivity index (χ3n) is 1.87. The Balaban J connectivity index is 2.34. The van der Waals surface area contributed by atoms with Gasteiger partial charge in [0.1, 0.15) is 0 Å². The molecule has 0 aromatic rings. The Morgan fingerprint density at radius 2 is 2.25 bits per heavy atom. The van der Waals surface area contributed by atoms with E-state index in [4.69, 9.17) is 10.2 Å². The Hall–Kier alpha value is -0.260. The van der Waals surface area contributed by atoms with E-state index < -0.39 is 5.97 Å². The molecule has 0 atom stereocenters. The van der Waals surface area contributed by atoms with Crippen molar-refractivity contribution in [3.05, 3.63) is 0 Å². The van der Waals surface area contributed by atoms with Gasteiger partial charge < -0.3 is 15.5 Å². The molecule has 1 aliphatic heterocycles. The fourth-order valence-corrected chi connectivity index (χ4v) is 2.38. The molecule has 3 N–H and O–H groups in total. The van der Waals surface area contributed by atoms with Crippen molar-refractivity contribution in [2.75, 3.05) is 25.4 Å². The number of aliphatic carboxylic acids is 1. The highest BCUT2D eigenvalue weighted by Gasteiger charge is 2.39. The van der Waals surface area contributed by atoms with Gasteiger partial charge in [0.25, 0.3) is 0 Å². The Labute approximate surface area is 75.3 Å². The van der Waals surface area contributed by atoms with E-state index in [-0.39, 0.29) is 17.8 Å². The molecule has 70 valence electrons. The first-order valence-corrected chi connectivity index (χ1v) is 4.84. The van der Waals surface area contributed by atoms with E-state index in [0.717, 1.165) is 13.1 Å². The Kier molecular flexibility index (Phi) is 3.37. The number of nitrogens with one attached hydrogen (secondary N) is 1. The lowest BCUT2D eigenvalue weighted by Gasteiger charge is -2.40. The Bertz CT molecular complexity index is 170. The lowest BCUT2D eigenvalue weighted by molar-refractivity contribution is -0.138. The molecule has 0 aromatic carbocycles. The zero-order valence-corrected chi connectivity index (χ0v) is 7.56. The first-order valence-electron chi connectivity index (χ1n) is 3.86. The zero-order valence-electron chi connectivity index (χ0n) is 6.75. The minimum Gasteiger partial charge on any atom is -0.481 e. The number of aliphatic hydroxyl groups excluding tert-OH is 1. The molecule has 1 saturated heterocycles. The average molecular weight is 191 g/mol. The lowest BCUT2D eigenvalue weighted by Crippen LogP contribution is -2.58. The minimum absolute atomic E-state index is 0.117. The van der Waals surface area contributed by atoms with Gasteiger partial charge in [0.05, 0.1) is 17.8 Å². The summed E-state index contributed by atoms with van der Waals surface area (Å²) in [4.78, 5) is 10.5. The molecule has 1 aliphatic rings. The van der Waals surface area contributed by atoms with E-state index >= 15 is 0 Å². The summed E-state index contributed by atoms with van der Waals surface area (Å²) in [5, 5.41) is 20.3. The molecular weight excluding hydrogens is 178 g/mol. The Morgan fingerprint density at radius 3 is 2.58 bits per heavy atom. The molecule has 0 spiro atoms. The average Bonchev–Trinajstić information content (AvgIpc) is 1.94. The first-order chi connectivity index (χ1) is 5.68. The molecule has 1 rings (SSSR count). The maximum Gasteiger partial charge on any atom is 0.304 e. The number of carboxylic acids is 1. The predicted molar refractivity (Wildman–Crippen MR) is 47.4 cm³/mol. The van der Waals surface area contributed by atoms with Gasteiger partial charge >= 0.3 is 5.97 Å². The number of rotatable bonds is 5. The molecule has 4 nitrogen and oxygen atoms in total. The van der Waals surface area contributed by atoms with E-state index in [1.54, 1.807) is 11.8 Å². The minimum atomic E-state index is -0.762. The van der Waals surface area contributed by atoms with E-state index in [9.17, 15) is 4.79 Å². The summed E-state index contributed by atoms with van der Waals surface area (Å²) >= 11 is 1.55. The number of hydrogen-bond donors (Lipinski definition) is 3. The van der Waals surface area contributed by atoms with Gasteiger partial charge in [-0.1, -0.05) is 0 Å². The van der Waals surface area contributed by atoms with Crippen molar-refractivity contribution >= 4 is 17.7 Å². The van der Waals surface area contributed by atoms with Crippen LogP contribution in [0.1, 0.15) is 6.42 Å². The fraction of sp³-hybridized carbons (Fsp3) is 0.857. The van der Waals surface area contributed by atoms with Crippen molar-refractivity contribution in [1.82, 2.24) is 5.32 Å². The molecular formula is C7H13NO3S. The monoisotopic (exact) mass is 191 g/mol. The number of carboxylic acid groups (broad SMARTS) is 1. The summed E-state index contributed by atoms with van der Waals surface area (Å²) in [6.45, 7) is 1.60. The molecule has 1 fully saturated rings. The standard InChI is InChI=1S/C7H13NO3S/c9-1-2-12-7(3-6(10)11)4-8-5-7/h8-9H,1-5H2,(H,10,11). The molecule has 0 aromatic heterocycles. The predicted octanol–water partition coefficient (Wildman–Crippen LogP) is -0.471. The van der Waals surface area contributed by atoms with Crippen LogP contribution in [0.3, 0.4) is 0 Å². The van der Waals surface area contributed by atoms with Crippen LogP contribution in [0, 0.1) is 0 Å². The van der Waals surface area contributed by atoms with Gasteiger partial charge in [0.15, 0.2) is 0 Å². The van der Waals surface area contributed by atoms with Crippen LogP contribution in [0.15, 0.2) is 0 Å². The summed E-state index contributed by atoms with van der Waals surface area (Å²) in [5.41, 5.74) is 0. The van der Waals surface area contributed by atoms with Gasteiger partial charge in [-0.15, -0.1) is 11.8 Å². The lowest BCUT2D eigenvalue weighted by atomic mass is 9.98. The number of carbonyl (C=O) groups is 1. The molecule has 0 unspecified atom stereocenters. The highest BCUT2D eigenvalue weighted by Crippen LogP contribution is 2.32. The van der Waals surface area contributed by atoms with Crippen LogP contribution in [0.2, 0.25) is 0 Å². The third-order valence-corrected chi connectivity index (χ3v) is 3.30. The van der Waals surface area contributed by atoms with E-state index in [0.29, 0.717) is 5.75 Å². The molecule has 0 radical (unpaired) electrons. The van der Waals surface area contributed by atoms with Crippen molar-refractivity contribution < 1.29 is 15.0 Å². The van der Waals surface area contributed by atoms with Gasteiger partial charge in [-0.3, -0.25) is 4.79 Å². The van der Waals surface area contributed by atoms with E-state index in [1.807, 2.05) is 0 Å². The zero-order chi connectivity index (χ0) is 9.03. The van der Waals surface area contributed by atoms with Crippen molar-refractivity contribution in [2.24, 2.45) is 0 Å². The van der Waals surface area contributed by atoms with Crippen LogP contribution in [-0.4, -0.2) is 46.4 Å². The third kappa shape index (κ3) is 2.36. The molecule has 5 heteroatoms. The van der Waals surface area contributed by atoms with Crippen LogP contribution < -0.4 is 5.32 Å². The van der Waals surface area contributed by atoms with Crippen molar-refractivity contribution in [2.45, 2.75) is 11.2 Å². The van der Waals surface area contributed by atoms with Gasteiger partial charge in [-0.2, -0.15) is 0 Å². The van der Waals surface area contributed by atoms with Crippen molar-refractivity contribution in [3.8, 4) is 0 Å². The highest BCUT2D eigenvalue weighted by atomic mass is 32.2. The van der Waals surface area contributed by atoms with E-state index in [1.165, 1.54) is 0 Å². The molecule has 0 aliphatic carbocycles. The number of hydrogen-bond acceptors (Lipinski definition) is 4. The van der Waals surface area contributed by atoms with Crippen LogP contribution in [0.25, 0.3) is 0 Å². The molecule has 0 bridgehead atoms. The highest BCUT2D eigenvalue weighted by molar-refractivity contribution is 8.00. The number of aliphatic hydroxyl groups is 1. The molecule has 0 amide bonds. The summed E-state index contributed by atoms with van der Waals surface area (Å²) in [5.74, 6) is -0.142. The van der Waals surface area contributed by atoms with Gasteiger partial charge in [0, 0.05) is 18.8 Å². The largest absolute Gasteiger partial charge is 0.481 e. The van der Waals surface area contributed by atoms with Crippen molar-refractivity contribution in [1.29, 1.82) is 0 Å². The topological polar surface area (TPSA) is 69.6 Å². The quantitative estimate of drug-likeness (QED) is 0.548. The van der Waals surface area contributed by atoms with Gasteiger partial charge in [0.2, 0.25) is 0 Å². The summed E-state index contributed by atoms with van der Waals surface area (Å²) in [6.07, 6.45) is 0.185. The van der Waals surface area contributed by atoms with E-state index in [2.05, 4.69) is 5.32 Å². The fourth-order valence-electron chi connectivity index (χ4n) is 1.22.